The molecule has 0 aliphatic carbocycles. The van der Waals surface area contributed by atoms with Crippen molar-refractivity contribution in [3.8, 4) is 5.75 Å². The molecule has 0 amide bonds. The number of fused-ring (bicyclic) bond motifs is 1. The molecule has 0 radical (unpaired) electrons. The van der Waals surface area contributed by atoms with Gasteiger partial charge in [0.05, 0.1) is 29.5 Å². The highest BCUT2D eigenvalue weighted by atomic mass is 79.9. The summed E-state index contributed by atoms with van der Waals surface area (Å²) in [6.07, 6.45) is 1.79. The quantitative estimate of drug-likeness (QED) is 0.483. The van der Waals surface area contributed by atoms with Gasteiger partial charge in [-0.3, -0.25) is 9.36 Å². The molecule has 0 bridgehead atoms. The molecular weight excluding hydrogens is 500 g/mol. The van der Waals surface area contributed by atoms with Crippen LogP contribution in [0.3, 0.4) is 0 Å². The van der Waals surface area contributed by atoms with Crippen molar-refractivity contribution in [2.45, 2.75) is 19.9 Å². The third-order valence-corrected chi connectivity index (χ3v) is 7.21. The molecular formula is C22H19BrN2O4S2. The zero-order valence-electron chi connectivity index (χ0n) is 17.0. The third kappa shape index (κ3) is 4.05. The van der Waals surface area contributed by atoms with Gasteiger partial charge in [0.1, 0.15) is 11.8 Å². The first-order valence-corrected chi connectivity index (χ1v) is 12.0. The van der Waals surface area contributed by atoms with Crippen LogP contribution in [-0.4, -0.2) is 24.3 Å². The molecule has 0 unspecified atom stereocenters. The van der Waals surface area contributed by atoms with Crippen molar-refractivity contribution in [1.29, 1.82) is 0 Å². The Hall–Kier alpha value is -2.49. The van der Waals surface area contributed by atoms with Crippen molar-refractivity contribution in [3.05, 3.63) is 81.6 Å². The van der Waals surface area contributed by atoms with Gasteiger partial charge in [-0.1, -0.05) is 33.3 Å². The topological polar surface area (TPSA) is 69.9 Å². The fourth-order valence-electron chi connectivity index (χ4n) is 3.47. The third-order valence-electron chi connectivity index (χ3n) is 4.81. The Morgan fingerprint density at radius 1 is 1.35 bits per heavy atom. The standard InChI is InChI=1S/C22H19BrN2O4S2/c1-4-29-21(27)18-12(2)24-22-25(19(18)16-6-5-9-30-16)20(26)17(31-22)11-13-10-14(23)7-8-15(13)28-3/h5-11,19H,4H2,1-3H3/b17-11+/t19-/m0/s1. The van der Waals surface area contributed by atoms with Gasteiger partial charge in [0.2, 0.25) is 0 Å². The Labute approximate surface area is 194 Å². The number of halogens is 1. The van der Waals surface area contributed by atoms with Gasteiger partial charge in [-0.25, -0.2) is 9.79 Å². The largest absolute Gasteiger partial charge is 0.496 e. The number of rotatable bonds is 5. The van der Waals surface area contributed by atoms with Gasteiger partial charge >= 0.3 is 5.97 Å². The molecule has 1 aliphatic rings. The molecule has 0 N–H and O–H groups in total. The highest BCUT2D eigenvalue weighted by molar-refractivity contribution is 9.10. The van der Waals surface area contributed by atoms with E-state index in [4.69, 9.17) is 9.47 Å². The minimum atomic E-state index is -0.568. The predicted octanol–water partition coefficient (Wildman–Crippen LogP) is 3.63. The molecule has 6 nitrogen and oxygen atoms in total. The van der Waals surface area contributed by atoms with Crippen LogP contribution in [-0.2, 0) is 9.53 Å². The number of carbonyl (C=O) groups excluding carboxylic acids is 1. The van der Waals surface area contributed by atoms with Gasteiger partial charge in [0.25, 0.3) is 5.56 Å². The summed E-state index contributed by atoms with van der Waals surface area (Å²) in [5.41, 5.74) is 1.52. The maximum absolute atomic E-state index is 13.5. The molecule has 160 valence electrons. The normalized spacial score (nSPS) is 16.1. The van der Waals surface area contributed by atoms with Crippen molar-refractivity contribution in [3.63, 3.8) is 0 Å². The van der Waals surface area contributed by atoms with E-state index in [9.17, 15) is 9.59 Å². The van der Waals surface area contributed by atoms with Crippen LogP contribution in [0, 0.1) is 0 Å². The first-order chi connectivity index (χ1) is 14.9. The Balaban J connectivity index is 1.96. The summed E-state index contributed by atoms with van der Waals surface area (Å²) < 4.78 is 13.7. The van der Waals surface area contributed by atoms with Gasteiger partial charge in [0, 0.05) is 14.9 Å². The summed E-state index contributed by atoms with van der Waals surface area (Å²) in [5.74, 6) is 0.206. The molecule has 3 aromatic rings. The fraction of sp³-hybridized carbons (Fsp3) is 0.227. The molecule has 2 aromatic heterocycles. The number of hydrogen-bond donors (Lipinski definition) is 0. The molecule has 31 heavy (non-hydrogen) atoms. The molecule has 1 aliphatic heterocycles. The minimum Gasteiger partial charge on any atom is -0.496 e. The summed E-state index contributed by atoms with van der Waals surface area (Å²) in [6, 6.07) is 8.86. The molecule has 0 saturated heterocycles. The zero-order valence-corrected chi connectivity index (χ0v) is 20.3. The van der Waals surface area contributed by atoms with Crippen molar-refractivity contribution in [2.24, 2.45) is 4.99 Å². The van der Waals surface area contributed by atoms with E-state index in [-0.39, 0.29) is 12.2 Å². The monoisotopic (exact) mass is 518 g/mol. The van der Waals surface area contributed by atoms with E-state index in [1.807, 2.05) is 35.7 Å². The van der Waals surface area contributed by atoms with Crippen LogP contribution in [0.1, 0.15) is 30.3 Å². The second kappa shape index (κ2) is 8.94. The Bertz CT molecular complexity index is 1350. The first kappa shape index (κ1) is 21.7. The Morgan fingerprint density at radius 3 is 2.84 bits per heavy atom. The van der Waals surface area contributed by atoms with Gasteiger partial charge in [-0.15, -0.1) is 11.3 Å². The zero-order chi connectivity index (χ0) is 22.1. The molecule has 0 spiro atoms. The van der Waals surface area contributed by atoms with Crippen LogP contribution in [0.15, 0.2) is 61.2 Å². The molecule has 1 atom stereocenters. The van der Waals surface area contributed by atoms with E-state index >= 15 is 0 Å². The second-order valence-electron chi connectivity index (χ2n) is 6.70. The average Bonchev–Trinajstić information content (AvgIpc) is 3.36. The molecule has 0 fully saturated rings. The number of thiazole rings is 1. The van der Waals surface area contributed by atoms with Gasteiger partial charge < -0.3 is 9.47 Å². The number of ether oxygens (including phenoxy) is 2. The number of carbonyl (C=O) groups is 1. The summed E-state index contributed by atoms with van der Waals surface area (Å²) in [4.78, 5) is 32.3. The van der Waals surface area contributed by atoms with Crippen LogP contribution < -0.4 is 19.6 Å². The van der Waals surface area contributed by atoms with E-state index in [1.54, 1.807) is 31.6 Å². The highest BCUT2D eigenvalue weighted by Gasteiger charge is 2.33. The number of allylic oxidation sites excluding steroid dienone is 1. The molecule has 0 saturated carbocycles. The van der Waals surface area contributed by atoms with E-state index in [2.05, 4.69) is 20.9 Å². The van der Waals surface area contributed by atoms with Gasteiger partial charge in [-0.05, 0) is 49.6 Å². The van der Waals surface area contributed by atoms with Crippen molar-refractivity contribution >= 4 is 50.6 Å². The fourth-order valence-corrected chi connectivity index (χ4v) is 5.71. The lowest BCUT2D eigenvalue weighted by Crippen LogP contribution is -2.39. The summed E-state index contributed by atoms with van der Waals surface area (Å²) >= 11 is 6.24. The first-order valence-electron chi connectivity index (χ1n) is 9.51. The lowest BCUT2D eigenvalue weighted by atomic mass is 10.0. The minimum absolute atomic E-state index is 0.210. The maximum atomic E-state index is 13.5. The number of benzene rings is 1. The molecule has 4 rings (SSSR count). The number of methoxy groups -OCH3 is 1. The van der Waals surface area contributed by atoms with Gasteiger partial charge in [0.15, 0.2) is 4.80 Å². The predicted molar refractivity (Wildman–Crippen MR) is 125 cm³/mol. The van der Waals surface area contributed by atoms with E-state index in [1.165, 1.54) is 22.7 Å². The number of thiophene rings is 1. The number of esters is 1. The van der Waals surface area contributed by atoms with Crippen molar-refractivity contribution in [1.82, 2.24) is 4.57 Å². The van der Waals surface area contributed by atoms with Crippen molar-refractivity contribution < 1.29 is 14.3 Å². The lowest BCUT2D eigenvalue weighted by molar-refractivity contribution is -0.139. The van der Waals surface area contributed by atoms with Crippen LogP contribution in [0.5, 0.6) is 5.75 Å². The van der Waals surface area contributed by atoms with Crippen LogP contribution in [0.2, 0.25) is 0 Å². The lowest BCUT2D eigenvalue weighted by Gasteiger charge is -2.23. The Kier molecular flexibility index (Phi) is 6.27. The number of nitrogens with zero attached hydrogens (tertiary/aromatic N) is 2. The molecule has 3 heterocycles. The average molecular weight is 519 g/mol. The number of hydrogen-bond acceptors (Lipinski definition) is 7. The van der Waals surface area contributed by atoms with E-state index in [0.29, 0.717) is 26.4 Å². The van der Waals surface area contributed by atoms with E-state index in [0.717, 1.165) is 14.9 Å². The summed E-state index contributed by atoms with van der Waals surface area (Å²) in [6.45, 7) is 3.79. The second-order valence-corrected chi connectivity index (χ2v) is 9.61. The molecule has 1 aromatic carbocycles. The highest BCUT2D eigenvalue weighted by Crippen LogP contribution is 2.33. The van der Waals surface area contributed by atoms with Gasteiger partial charge in [-0.2, -0.15) is 0 Å². The van der Waals surface area contributed by atoms with E-state index < -0.39 is 12.0 Å². The smallest absolute Gasteiger partial charge is 0.338 e. The van der Waals surface area contributed by atoms with Crippen LogP contribution in [0.4, 0.5) is 0 Å². The maximum Gasteiger partial charge on any atom is 0.338 e. The van der Waals surface area contributed by atoms with Crippen LogP contribution in [0.25, 0.3) is 6.08 Å². The molecule has 9 heteroatoms. The summed E-state index contributed by atoms with van der Waals surface area (Å²) in [7, 11) is 1.59. The number of aromatic nitrogens is 1. The Morgan fingerprint density at radius 2 is 2.16 bits per heavy atom. The van der Waals surface area contributed by atoms with Crippen LogP contribution >= 0.6 is 38.6 Å². The van der Waals surface area contributed by atoms with Crippen molar-refractivity contribution in [2.75, 3.05) is 13.7 Å². The SMILES string of the molecule is CCOC(=O)C1=C(C)N=c2s/c(=C/c3cc(Br)ccc3OC)c(=O)n2[C@H]1c1cccs1. The summed E-state index contributed by atoms with van der Waals surface area (Å²) in [5, 5.41) is 1.93.